The number of rotatable bonds is 3. The molecule has 22 heavy (non-hydrogen) atoms. The first-order valence-electron chi connectivity index (χ1n) is 6.66. The standard InChI is InChI=1S/C14H17F3N2O2.ClH/c1-13(5-7-18-8-6-13)19-12(20)10-3-2-4-11(9-10)21-14(15,16)17;/h2-4,9,18H,5-8H2,1H3,(H,19,20);1H. The Hall–Kier alpha value is -1.47. The molecule has 1 aromatic rings. The topological polar surface area (TPSA) is 50.4 Å². The Morgan fingerprint density at radius 2 is 1.95 bits per heavy atom. The van der Waals surface area contributed by atoms with Crippen molar-refractivity contribution >= 4 is 18.3 Å². The molecular weight excluding hydrogens is 321 g/mol. The van der Waals surface area contributed by atoms with Gasteiger partial charge in [-0.25, -0.2) is 0 Å². The van der Waals surface area contributed by atoms with Gasteiger partial charge in [0.2, 0.25) is 0 Å². The van der Waals surface area contributed by atoms with Crippen LogP contribution in [0.15, 0.2) is 24.3 Å². The number of carbonyl (C=O) groups excluding carboxylic acids is 1. The SMILES string of the molecule is CC1(NC(=O)c2cccc(OC(F)(F)F)c2)CCNCC1.Cl. The third-order valence-electron chi connectivity index (χ3n) is 3.45. The third kappa shape index (κ3) is 5.38. The van der Waals surface area contributed by atoms with Crippen LogP contribution in [0.3, 0.4) is 0 Å². The van der Waals surface area contributed by atoms with Gasteiger partial charge in [-0.3, -0.25) is 4.79 Å². The second-order valence-electron chi connectivity index (χ2n) is 5.34. The normalized spacial score (nSPS) is 17.3. The Balaban J connectivity index is 0.00000242. The Labute approximate surface area is 132 Å². The number of alkyl halides is 3. The minimum Gasteiger partial charge on any atom is -0.406 e. The summed E-state index contributed by atoms with van der Waals surface area (Å²) in [6.45, 7) is 3.53. The van der Waals surface area contributed by atoms with Crippen molar-refractivity contribution in [2.24, 2.45) is 0 Å². The van der Waals surface area contributed by atoms with Crippen molar-refractivity contribution < 1.29 is 22.7 Å². The van der Waals surface area contributed by atoms with E-state index in [-0.39, 0.29) is 23.5 Å². The van der Waals surface area contributed by atoms with Crippen LogP contribution in [-0.4, -0.2) is 30.9 Å². The van der Waals surface area contributed by atoms with Crippen molar-refractivity contribution in [3.8, 4) is 5.75 Å². The second-order valence-corrected chi connectivity index (χ2v) is 5.34. The minimum atomic E-state index is -4.77. The molecule has 0 aromatic heterocycles. The first kappa shape index (κ1) is 18.6. The number of ether oxygens (including phenoxy) is 1. The van der Waals surface area contributed by atoms with Gasteiger partial charge < -0.3 is 15.4 Å². The summed E-state index contributed by atoms with van der Waals surface area (Å²) < 4.78 is 40.4. The van der Waals surface area contributed by atoms with Gasteiger partial charge in [-0.2, -0.15) is 0 Å². The Morgan fingerprint density at radius 3 is 2.55 bits per heavy atom. The fraction of sp³-hybridized carbons (Fsp3) is 0.500. The van der Waals surface area contributed by atoms with Gasteiger partial charge in [0.05, 0.1) is 0 Å². The summed E-state index contributed by atoms with van der Waals surface area (Å²) >= 11 is 0. The molecule has 0 spiro atoms. The van der Waals surface area contributed by atoms with Crippen molar-refractivity contribution in [1.29, 1.82) is 0 Å². The third-order valence-corrected chi connectivity index (χ3v) is 3.45. The van der Waals surface area contributed by atoms with Crippen LogP contribution >= 0.6 is 12.4 Å². The summed E-state index contributed by atoms with van der Waals surface area (Å²) in [4.78, 5) is 12.2. The van der Waals surface area contributed by atoms with Crippen molar-refractivity contribution in [3.05, 3.63) is 29.8 Å². The maximum absolute atomic E-state index is 12.2. The van der Waals surface area contributed by atoms with Crippen LogP contribution in [0.1, 0.15) is 30.1 Å². The van der Waals surface area contributed by atoms with Gasteiger partial charge in [-0.15, -0.1) is 25.6 Å². The minimum absolute atomic E-state index is 0. The maximum atomic E-state index is 12.2. The lowest BCUT2D eigenvalue weighted by molar-refractivity contribution is -0.274. The zero-order valence-corrected chi connectivity index (χ0v) is 12.8. The number of carbonyl (C=O) groups is 1. The number of benzene rings is 1. The summed E-state index contributed by atoms with van der Waals surface area (Å²) in [7, 11) is 0. The van der Waals surface area contributed by atoms with E-state index in [2.05, 4.69) is 15.4 Å². The highest BCUT2D eigenvalue weighted by Crippen LogP contribution is 2.24. The van der Waals surface area contributed by atoms with E-state index < -0.39 is 18.0 Å². The lowest BCUT2D eigenvalue weighted by atomic mass is 9.90. The summed E-state index contributed by atoms with van der Waals surface area (Å²) in [5.74, 6) is -0.794. The first-order chi connectivity index (χ1) is 9.77. The summed E-state index contributed by atoms with van der Waals surface area (Å²) in [5.41, 5.74) is -0.194. The molecule has 0 aliphatic carbocycles. The molecule has 2 N–H and O–H groups in total. The molecule has 0 atom stereocenters. The summed E-state index contributed by atoms with van der Waals surface area (Å²) in [6.07, 6.45) is -3.22. The lowest BCUT2D eigenvalue weighted by Gasteiger charge is -2.35. The number of hydrogen-bond acceptors (Lipinski definition) is 3. The molecular formula is C14H18ClF3N2O2. The zero-order chi connectivity index (χ0) is 15.5. The van der Waals surface area contributed by atoms with E-state index in [1.165, 1.54) is 12.1 Å². The summed E-state index contributed by atoms with van der Waals surface area (Å²) in [5, 5.41) is 6.08. The maximum Gasteiger partial charge on any atom is 0.573 e. The van der Waals surface area contributed by atoms with Crippen molar-refractivity contribution in [3.63, 3.8) is 0 Å². The number of piperidine rings is 1. The molecule has 4 nitrogen and oxygen atoms in total. The van der Waals surface area contributed by atoms with Crippen LogP contribution in [0.5, 0.6) is 5.75 Å². The average Bonchev–Trinajstić information content (AvgIpc) is 2.37. The number of amides is 1. The Morgan fingerprint density at radius 1 is 1.32 bits per heavy atom. The quantitative estimate of drug-likeness (QED) is 0.891. The Kier molecular flexibility index (Phi) is 6.08. The molecule has 0 unspecified atom stereocenters. The smallest absolute Gasteiger partial charge is 0.406 e. The zero-order valence-electron chi connectivity index (χ0n) is 12.0. The van der Waals surface area contributed by atoms with Crippen LogP contribution in [-0.2, 0) is 0 Å². The molecule has 2 rings (SSSR count). The second kappa shape index (κ2) is 7.19. The predicted molar refractivity (Wildman–Crippen MR) is 78.3 cm³/mol. The van der Waals surface area contributed by atoms with Gasteiger partial charge in [0.1, 0.15) is 5.75 Å². The highest BCUT2D eigenvalue weighted by atomic mass is 35.5. The summed E-state index contributed by atoms with van der Waals surface area (Å²) in [6, 6.07) is 5.08. The van der Waals surface area contributed by atoms with Gasteiger partial charge in [0, 0.05) is 11.1 Å². The van der Waals surface area contributed by atoms with Crippen molar-refractivity contribution in [2.75, 3.05) is 13.1 Å². The molecule has 0 saturated carbocycles. The molecule has 1 heterocycles. The first-order valence-corrected chi connectivity index (χ1v) is 6.66. The fourth-order valence-corrected chi connectivity index (χ4v) is 2.28. The van der Waals surface area contributed by atoms with E-state index in [0.29, 0.717) is 0 Å². The molecule has 1 aliphatic rings. The van der Waals surface area contributed by atoms with Gasteiger partial charge >= 0.3 is 6.36 Å². The lowest BCUT2D eigenvalue weighted by Crippen LogP contribution is -2.52. The van der Waals surface area contributed by atoms with Crippen LogP contribution in [0.25, 0.3) is 0 Å². The van der Waals surface area contributed by atoms with Gasteiger partial charge in [-0.1, -0.05) is 6.07 Å². The van der Waals surface area contributed by atoms with Crippen LogP contribution in [0.4, 0.5) is 13.2 Å². The van der Waals surface area contributed by atoms with Crippen LogP contribution < -0.4 is 15.4 Å². The molecule has 124 valence electrons. The monoisotopic (exact) mass is 338 g/mol. The van der Waals surface area contributed by atoms with E-state index in [1.807, 2.05) is 6.92 Å². The predicted octanol–water partition coefficient (Wildman–Crippen LogP) is 2.88. The number of nitrogens with one attached hydrogen (secondary N) is 2. The van der Waals surface area contributed by atoms with Gasteiger partial charge in [0.25, 0.3) is 5.91 Å². The number of hydrogen-bond donors (Lipinski definition) is 2. The van der Waals surface area contributed by atoms with Gasteiger partial charge in [0.15, 0.2) is 0 Å². The molecule has 1 amide bonds. The van der Waals surface area contributed by atoms with E-state index in [1.54, 1.807) is 0 Å². The highest BCUT2D eigenvalue weighted by molar-refractivity contribution is 5.95. The molecule has 1 saturated heterocycles. The molecule has 0 bridgehead atoms. The van der Waals surface area contributed by atoms with Gasteiger partial charge in [-0.05, 0) is 51.1 Å². The molecule has 1 aromatic carbocycles. The van der Waals surface area contributed by atoms with E-state index in [9.17, 15) is 18.0 Å². The van der Waals surface area contributed by atoms with Crippen LogP contribution in [0.2, 0.25) is 0 Å². The molecule has 1 aliphatic heterocycles. The van der Waals surface area contributed by atoms with Crippen molar-refractivity contribution in [1.82, 2.24) is 10.6 Å². The van der Waals surface area contributed by atoms with E-state index in [4.69, 9.17) is 0 Å². The molecule has 8 heteroatoms. The highest BCUT2D eigenvalue weighted by Gasteiger charge is 2.32. The van der Waals surface area contributed by atoms with E-state index in [0.717, 1.165) is 38.1 Å². The van der Waals surface area contributed by atoms with E-state index >= 15 is 0 Å². The molecule has 0 radical (unpaired) electrons. The van der Waals surface area contributed by atoms with Crippen LogP contribution in [0, 0.1) is 0 Å². The van der Waals surface area contributed by atoms with Crippen molar-refractivity contribution in [2.45, 2.75) is 31.7 Å². The Bertz CT molecular complexity index is 517. The molecule has 1 fully saturated rings. The number of halogens is 4. The largest absolute Gasteiger partial charge is 0.573 e. The average molecular weight is 339 g/mol. The fourth-order valence-electron chi connectivity index (χ4n) is 2.28.